The third-order valence-corrected chi connectivity index (χ3v) is 12.3. The second kappa shape index (κ2) is 14.8. The molecule has 0 N–H and O–H groups in total. The Kier molecular flexibility index (Phi) is 9.26. The predicted molar refractivity (Wildman–Crippen MR) is 228 cm³/mol. The van der Waals surface area contributed by atoms with E-state index in [0.717, 1.165) is 17.1 Å². The first-order valence-corrected chi connectivity index (χ1v) is 19.9. The molecule has 8 aromatic rings. The van der Waals surface area contributed by atoms with Crippen molar-refractivity contribution in [2.75, 3.05) is 9.80 Å². The van der Waals surface area contributed by atoms with Gasteiger partial charge in [-0.2, -0.15) is 0 Å². The van der Waals surface area contributed by atoms with Crippen molar-refractivity contribution < 1.29 is 0 Å². The van der Waals surface area contributed by atoms with Crippen LogP contribution in [0.2, 0.25) is 0 Å². The number of para-hydroxylation sites is 2. The van der Waals surface area contributed by atoms with Crippen molar-refractivity contribution >= 4 is 65.6 Å². The van der Waals surface area contributed by atoms with E-state index in [1.165, 1.54) is 86.0 Å². The van der Waals surface area contributed by atoms with Gasteiger partial charge in [0.05, 0.1) is 0 Å². The second-order valence-electron chi connectivity index (χ2n) is 14.5. The highest BCUT2D eigenvalue weighted by molar-refractivity contribution is 7.25. The summed E-state index contributed by atoms with van der Waals surface area (Å²) in [6.07, 6.45) is 6.70. The van der Waals surface area contributed by atoms with Crippen molar-refractivity contribution in [1.82, 2.24) is 0 Å². The summed E-state index contributed by atoms with van der Waals surface area (Å²) in [7, 11) is 0. The summed E-state index contributed by atoms with van der Waals surface area (Å²) in [5.74, 6) is 0.936. The Morgan fingerprint density at radius 3 is 1.47 bits per heavy atom. The van der Waals surface area contributed by atoms with E-state index in [2.05, 4.69) is 193 Å². The van der Waals surface area contributed by atoms with Crippen LogP contribution in [0.15, 0.2) is 176 Å². The fraction of sp³-hybridized carbons (Fsp3) is 0.160. The maximum atomic E-state index is 2.43. The lowest BCUT2D eigenvalue weighted by atomic mass is 9.84. The minimum Gasteiger partial charge on any atom is -0.311 e. The van der Waals surface area contributed by atoms with Crippen LogP contribution in [0.25, 0.3) is 20.2 Å². The Labute approximate surface area is 317 Å². The third-order valence-electron chi connectivity index (χ3n) is 11.2. The molecule has 2 nitrogen and oxygen atoms in total. The van der Waals surface area contributed by atoms with E-state index in [4.69, 9.17) is 0 Å². The zero-order chi connectivity index (χ0) is 35.6. The molecule has 7 aromatic carbocycles. The highest BCUT2D eigenvalue weighted by Gasteiger charge is 2.19. The van der Waals surface area contributed by atoms with Crippen molar-refractivity contribution in [2.45, 2.75) is 50.9 Å². The molecule has 1 fully saturated rings. The van der Waals surface area contributed by atoms with E-state index in [9.17, 15) is 0 Å². The first kappa shape index (κ1) is 33.2. The first-order chi connectivity index (χ1) is 26.2. The molecule has 0 saturated heterocycles. The van der Waals surface area contributed by atoms with Gasteiger partial charge in [0.25, 0.3) is 0 Å². The largest absolute Gasteiger partial charge is 0.311 e. The van der Waals surface area contributed by atoms with Crippen LogP contribution >= 0.6 is 11.3 Å². The molecular weight excluding hydrogens is 661 g/mol. The second-order valence-corrected chi connectivity index (χ2v) is 15.5. The molecule has 53 heavy (non-hydrogen) atoms. The maximum Gasteiger partial charge on any atom is 0.0468 e. The zero-order valence-electron chi connectivity index (χ0n) is 30.2. The van der Waals surface area contributed by atoms with Crippen molar-refractivity contribution in [2.24, 2.45) is 0 Å². The van der Waals surface area contributed by atoms with E-state index in [1.807, 2.05) is 11.3 Å². The minimum atomic E-state index is 0.247. The molecule has 3 heteroatoms. The molecule has 1 aliphatic carbocycles. The molecule has 9 rings (SSSR count). The smallest absolute Gasteiger partial charge is 0.0468 e. The van der Waals surface area contributed by atoms with E-state index in [1.54, 1.807) is 0 Å². The third kappa shape index (κ3) is 6.74. The highest BCUT2D eigenvalue weighted by atomic mass is 32.1. The molecule has 0 bridgehead atoms. The Balaban J connectivity index is 1.03. The molecule has 1 aliphatic rings. The Morgan fingerprint density at radius 1 is 0.434 bits per heavy atom. The molecule has 1 aromatic heterocycles. The Hall–Kier alpha value is -5.64. The first-order valence-electron chi connectivity index (χ1n) is 19.1. The highest BCUT2D eigenvalue weighted by Crippen LogP contribution is 2.42. The van der Waals surface area contributed by atoms with Crippen LogP contribution in [-0.2, 0) is 0 Å². The van der Waals surface area contributed by atoms with Crippen LogP contribution in [0, 0.1) is 0 Å². The lowest BCUT2D eigenvalue weighted by Crippen LogP contribution is -2.11. The van der Waals surface area contributed by atoms with Gasteiger partial charge in [-0.15, -0.1) is 11.3 Å². The Bertz CT molecular complexity index is 2390. The lowest BCUT2D eigenvalue weighted by Gasteiger charge is -2.28. The van der Waals surface area contributed by atoms with Gasteiger partial charge in [0.2, 0.25) is 0 Å². The molecule has 260 valence electrons. The molecule has 1 saturated carbocycles. The number of fused-ring (bicyclic) bond motifs is 3. The van der Waals surface area contributed by atoms with Gasteiger partial charge in [0.15, 0.2) is 0 Å². The van der Waals surface area contributed by atoms with E-state index in [0.29, 0.717) is 5.92 Å². The monoisotopic (exact) mass is 704 g/mol. The topological polar surface area (TPSA) is 6.48 Å². The number of rotatable bonds is 9. The zero-order valence-corrected chi connectivity index (χ0v) is 31.1. The van der Waals surface area contributed by atoms with Gasteiger partial charge in [-0.3, -0.25) is 0 Å². The van der Waals surface area contributed by atoms with Crippen molar-refractivity contribution in [3.8, 4) is 0 Å². The molecule has 0 radical (unpaired) electrons. The van der Waals surface area contributed by atoms with Gasteiger partial charge in [0, 0.05) is 60.2 Å². The predicted octanol–water partition coefficient (Wildman–Crippen LogP) is 15.2. The van der Waals surface area contributed by atoms with Gasteiger partial charge >= 0.3 is 0 Å². The van der Waals surface area contributed by atoms with Gasteiger partial charge < -0.3 is 9.80 Å². The number of anilines is 6. The summed E-state index contributed by atoms with van der Waals surface area (Å²) in [5.41, 5.74) is 11.1. The average Bonchev–Trinajstić information content (AvgIpc) is 3.61. The van der Waals surface area contributed by atoms with Gasteiger partial charge in [-0.1, -0.05) is 117 Å². The van der Waals surface area contributed by atoms with Crippen LogP contribution in [-0.4, -0.2) is 0 Å². The lowest BCUT2D eigenvalue weighted by molar-refractivity contribution is 0.443. The summed E-state index contributed by atoms with van der Waals surface area (Å²) in [4.78, 5) is 4.75. The summed E-state index contributed by atoms with van der Waals surface area (Å²) < 4.78 is 2.66. The molecule has 1 atom stereocenters. The molecular formula is C50H44N2S. The summed E-state index contributed by atoms with van der Waals surface area (Å²) >= 11 is 1.87. The SMILES string of the molecule is CC(c1ccc(N(c2ccccc2)c2ccccc2)cc1)c1ccc(N(c2ccc(C3CCCCC3)cc2)c2ccc3sc4ccccc4c3c2)cc1. The number of benzene rings is 7. The number of hydrogen-bond donors (Lipinski definition) is 0. The van der Waals surface area contributed by atoms with Crippen LogP contribution in [0.4, 0.5) is 34.1 Å². The van der Waals surface area contributed by atoms with Crippen molar-refractivity contribution in [1.29, 1.82) is 0 Å². The molecule has 1 unspecified atom stereocenters. The fourth-order valence-electron chi connectivity index (χ4n) is 8.25. The van der Waals surface area contributed by atoms with Crippen LogP contribution in [0.3, 0.4) is 0 Å². The van der Waals surface area contributed by atoms with Crippen molar-refractivity contribution in [3.63, 3.8) is 0 Å². The standard InChI is InChI=1S/C50H44N2S/c1-36(37-21-27-43(28-22-37)51(41-15-7-3-8-16-41)42-17-9-4-10-18-42)38-23-29-44(30-24-38)52(45-31-25-40(26-32-45)39-13-5-2-6-14-39)46-33-34-50-48(35-46)47-19-11-12-20-49(47)53-50/h3-4,7-12,15-36,39H,2,5-6,13-14H2,1H3. The number of nitrogens with zero attached hydrogens (tertiary/aromatic N) is 2. The molecule has 0 spiro atoms. The van der Waals surface area contributed by atoms with Crippen LogP contribution in [0.5, 0.6) is 0 Å². The normalized spacial score (nSPS) is 14.0. The van der Waals surface area contributed by atoms with Gasteiger partial charge in [-0.25, -0.2) is 0 Å². The minimum absolute atomic E-state index is 0.247. The molecule has 1 heterocycles. The Morgan fingerprint density at radius 2 is 0.887 bits per heavy atom. The van der Waals surface area contributed by atoms with Gasteiger partial charge in [0.1, 0.15) is 0 Å². The number of thiophene rings is 1. The molecule has 0 amide bonds. The van der Waals surface area contributed by atoms with Crippen molar-refractivity contribution in [3.05, 3.63) is 193 Å². The molecule has 0 aliphatic heterocycles. The summed E-state index contributed by atoms with van der Waals surface area (Å²) in [6.45, 7) is 2.31. The van der Waals surface area contributed by atoms with E-state index < -0.39 is 0 Å². The average molecular weight is 705 g/mol. The van der Waals surface area contributed by atoms with E-state index in [-0.39, 0.29) is 5.92 Å². The maximum absolute atomic E-state index is 2.43. The van der Waals surface area contributed by atoms with Crippen LogP contribution < -0.4 is 9.80 Å². The van der Waals surface area contributed by atoms with Crippen LogP contribution in [0.1, 0.15) is 67.6 Å². The number of hydrogen-bond acceptors (Lipinski definition) is 3. The van der Waals surface area contributed by atoms with Gasteiger partial charge in [-0.05, 0) is 120 Å². The van der Waals surface area contributed by atoms with E-state index >= 15 is 0 Å². The quantitative estimate of drug-likeness (QED) is 0.148. The summed E-state index contributed by atoms with van der Waals surface area (Å²) in [6, 6.07) is 64.7. The summed E-state index contributed by atoms with van der Waals surface area (Å²) in [5, 5.41) is 2.64. The fourth-order valence-corrected chi connectivity index (χ4v) is 9.34.